The van der Waals surface area contributed by atoms with E-state index in [1.807, 2.05) is 31.2 Å². The molecule has 1 aromatic rings. The van der Waals surface area contributed by atoms with Gasteiger partial charge < -0.3 is 15.7 Å². The Kier molecular flexibility index (Phi) is 3.85. The summed E-state index contributed by atoms with van der Waals surface area (Å²) in [6, 6.07) is 6.15. The van der Waals surface area contributed by atoms with Crippen molar-refractivity contribution in [2.24, 2.45) is 5.73 Å². The van der Waals surface area contributed by atoms with E-state index in [-0.39, 0.29) is 5.91 Å². The second-order valence-corrected chi connectivity index (χ2v) is 4.81. The first kappa shape index (κ1) is 13.5. The van der Waals surface area contributed by atoms with Crippen molar-refractivity contribution in [1.29, 1.82) is 0 Å². The number of carbonyl (C=O) groups excluding carboxylic acids is 1. The highest BCUT2D eigenvalue weighted by Gasteiger charge is 2.35. The summed E-state index contributed by atoms with van der Waals surface area (Å²) >= 11 is 0. The third kappa shape index (κ3) is 2.61. The first-order valence-electron chi connectivity index (χ1n) is 6.40. The summed E-state index contributed by atoms with van der Waals surface area (Å²) in [5.74, 6) is -1.27. The number of carboxylic acid groups (broad SMARTS) is 1. The normalized spacial score (nSPS) is 19.7. The Morgan fingerprint density at radius 2 is 2.05 bits per heavy atom. The molecule has 0 aromatic heterocycles. The minimum absolute atomic E-state index is 0.288. The number of aliphatic carboxylic acids is 1. The number of rotatable bonds is 3. The molecule has 3 N–H and O–H groups in total. The molecule has 19 heavy (non-hydrogen) atoms. The largest absolute Gasteiger partial charge is 0.480 e. The predicted molar refractivity (Wildman–Crippen MR) is 70.4 cm³/mol. The van der Waals surface area contributed by atoms with Crippen molar-refractivity contribution < 1.29 is 14.7 Å². The maximum atomic E-state index is 12.2. The van der Waals surface area contributed by atoms with Crippen LogP contribution in [0.4, 0.5) is 0 Å². The molecule has 1 aliphatic rings. The van der Waals surface area contributed by atoms with E-state index in [1.54, 1.807) is 0 Å². The topological polar surface area (TPSA) is 83.6 Å². The molecule has 0 saturated heterocycles. The molecule has 0 spiro atoms. The van der Waals surface area contributed by atoms with Gasteiger partial charge in [-0.2, -0.15) is 0 Å². The van der Waals surface area contributed by atoms with Gasteiger partial charge in [-0.15, -0.1) is 0 Å². The molecule has 0 fully saturated rings. The van der Waals surface area contributed by atoms with Gasteiger partial charge in [-0.1, -0.05) is 31.2 Å². The van der Waals surface area contributed by atoms with E-state index in [1.165, 1.54) is 4.90 Å². The number of nitrogens with two attached hydrogens (primary N) is 1. The van der Waals surface area contributed by atoms with Gasteiger partial charge in [0, 0.05) is 13.0 Å². The Bertz CT molecular complexity index is 501. The molecule has 0 bridgehead atoms. The number of nitrogens with zero attached hydrogens (tertiary/aromatic N) is 1. The lowest BCUT2D eigenvalue weighted by Crippen LogP contribution is -2.53. The summed E-state index contributed by atoms with van der Waals surface area (Å²) in [6.07, 6.45) is 0.844. The molecule has 5 heteroatoms. The average Bonchev–Trinajstić information content (AvgIpc) is 2.44. The van der Waals surface area contributed by atoms with Crippen molar-refractivity contribution in [2.75, 3.05) is 0 Å². The monoisotopic (exact) mass is 262 g/mol. The highest BCUT2D eigenvalue weighted by Crippen LogP contribution is 2.24. The van der Waals surface area contributed by atoms with Crippen LogP contribution in [0.2, 0.25) is 0 Å². The Balaban J connectivity index is 2.31. The highest BCUT2D eigenvalue weighted by atomic mass is 16.4. The van der Waals surface area contributed by atoms with Crippen LogP contribution in [0.3, 0.4) is 0 Å². The van der Waals surface area contributed by atoms with Gasteiger partial charge in [0.15, 0.2) is 0 Å². The molecule has 1 amide bonds. The SMILES string of the molecule is CC[C@H](N)C(=O)N1Cc2ccccc2CC1C(=O)O. The first-order valence-corrected chi connectivity index (χ1v) is 6.40. The Labute approximate surface area is 112 Å². The van der Waals surface area contributed by atoms with Gasteiger partial charge in [-0.05, 0) is 17.5 Å². The third-order valence-corrected chi connectivity index (χ3v) is 3.57. The molecule has 2 atom stereocenters. The molecular weight excluding hydrogens is 244 g/mol. The average molecular weight is 262 g/mol. The third-order valence-electron chi connectivity index (χ3n) is 3.57. The Morgan fingerprint density at radius 1 is 1.42 bits per heavy atom. The second-order valence-electron chi connectivity index (χ2n) is 4.81. The zero-order valence-electron chi connectivity index (χ0n) is 10.9. The maximum Gasteiger partial charge on any atom is 0.326 e. The summed E-state index contributed by atoms with van der Waals surface area (Å²) in [4.78, 5) is 24.9. The number of hydrogen-bond donors (Lipinski definition) is 2. The van der Waals surface area contributed by atoms with Gasteiger partial charge in [0.1, 0.15) is 6.04 Å². The Morgan fingerprint density at radius 3 is 2.63 bits per heavy atom. The quantitative estimate of drug-likeness (QED) is 0.842. The van der Waals surface area contributed by atoms with E-state index in [2.05, 4.69) is 0 Å². The minimum atomic E-state index is -0.980. The fourth-order valence-electron chi connectivity index (χ4n) is 2.36. The predicted octanol–water partition coefficient (Wildman–Crippen LogP) is 0.762. The van der Waals surface area contributed by atoms with Crippen LogP contribution in [0.15, 0.2) is 24.3 Å². The summed E-state index contributed by atoms with van der Waals surface area (Å²) in [5, 5.41) is 9.30. The van der Waals surface area contributed by atoms with E-state index in [4.69, 9.17) is 5.73 Å². The molecule has 1 aromatic carbocycles. The van der Waals surface area contributed by atoms with Crippen LogP contribution in [0.1, 0.15) is 24.5 Å². The fraction of sp³-hybridized carbons (Fsp3) is 0.429. The smallest absolute Gasteiger partial charge is 0.326 e. The van der Waals surface area contributed by atoms with E-state index in [0.29, 0.717) is 19.4 Å². The molecule has 0 radical (unpaired) electrons. The second kappa shape index (κ2) is 5.40. The zero-order chi connectivity index (χ0) is 14.0. The van der Waals surface area contributed by atoms with Gasteiger partial charge in [0.25, 0.3) is 0 Å². The number of benzene rings is 1. The minimum Gasteiger partial charge on any atom is -0.480 e. The number of carbonyl (C=O) groups is 2. The standard InChI is InChI=1S/C14H18N2O3/c1-2-11(15)13(17)16-8-10-6-4-3-5-9(10)7-12(16)14(18)19/h3-6,11-12H,2,7-8,15H2,1H3,(H,18,19)/t11-,12?/m0/s1. The van der Waals surface area contributed by atoms with Gasteiger partial charge >= 0.3 is 5.97 Å². The van der Waals surface area contributed by atoms with E-state index in [0.717, 1.165) is 11.1 Å². The number of hydrogen-bond acceptors (Lipinski definition) is 3. The van der Waals surface area contributed by atoms with Crippen molar-refractivity contribution in [3.63, 3.8) is 0 Å². The van der Waals surface area contributed by atoms with E-state index in [9.17, 15) is 14.7 Å². The molecule has 0 aliphatic carbocycles. The number of carboxylic acids is 1. The molecule has 102 valence electrons. The molecule has 1 unspecified atom stereocenters. The Hall–Kier alpha value is -1.88. The van der Waals surface area contributed by atoms with Crippen molar-refractivity contribution in [1.82, 2.24) is 4.90 Å². The lowest BCUT2D eigenvalue weighted by molar-refractivity contribution is -0.152. The van der Waals surface area contributed by atoms with E-state index >= 15 is 0 Å². The molecule has 1 aliphatic heterocycles. The van der Waals surface area contributed by atoms with Crippen LogP contribution >= 0.6 is 0 Å². The zero-order valence-corrected chi connectivity index (χ0v) is 10.9. The van der Waals surface area contributed by atoms with Crippen LogP contribution < -0.4 is 5.73 Å². The van der Waals surface area contributed by atoms with Crippen molar-refractivity contribution in [3.8, 4) is 0 Å². The molecule has 1 heterocycles. The van der Waals surface area contributed by atoms with Crippen molar-refractivity contribution in [2.45, 2.75) is 38.4 Å². The van der Waals surface area contributed by atoms with Crippen LogP contribution in [0, 0.1) is 0 Å². The molecule has 0 saturated carbocycles. The summed E-state index contributed by atoms with van der Waals surface area (Å²) < 4.78 is 0. The lowest BCUT2D eigenvalue weighted by atomic mass is 9.93. The number of amides is 1. The summed E-state index contributed by atoms with van der Waals surface area (Å²) in [7, 11) is 0. The van der Waals surface area contributed by atoms with Gasteiger partial charge in [-0.25, -0.2) is 4.79 Å². The summed E-state index contributed by atoms with van der Waals surface area (Å²) in [5.41, 5.74) is 7.73. The maximum absolute atomic E-state index is 12.2. The van der Waals surface area contributed by atoms with Crippen LogP contribution in [0.5, 0.6) is 0 Å². The fourth-order valence-corrected chi connectivity index (χ4v) is 2.36. The van der Waals surface area contributed by atoms with Crippen LogP contribution in [-0.4, -0.2) is 34.0 Å². The first-order chi connectivity index (χ1) is 9.04. The van der Waals surface area contributed by atoms with Crippen molar-refractivity contribution >= 4 is 11.9 Å². The van der Waals surface area contributed by atoms with Crippen LogP contribution in [-0.2, 0) is 22.6 Å². The van der Waals surface area contributed by atoms with Gasteiger partial charge in [-0.3, -0.25) is 4.79 Å². The summed E-state index contributed by atoms with van der Waals surface area (Å²) in [6.45, 7) is 2.13. The van der Waals surface area contributed by atoms with Gasteiger partial charge in [0.05, 0.1) is 6.04 Å². The van der Waals surface area contributed by atoms with Gasteiger partial charge in [0.2, 0.25) is 5.91 Å². The van der Waals surface area contributed by atoms with Crippen molar-refractivity contribution in [3.05, 3.63) is 35.4 Å². The van der Waals surface area contributed by atoms with Crippen LogP contribution in [0.25, 0.3) is 0 Å². The molecule has 2 rings (SSSR count). The highest BCUT2D eigenvalue weighted by molar-refractivity contribution is 5.87. The van der Waals surface area contributed by atoms with E-state index < -0.39 is 18.1 Å². The molecule has 5 nitrogen and oxygen atoms in total. The molecular formula is C14H18N2O3. The number of fused-ring (bicyclic) bond motifs is 1. The lowest BCUT2D eigenvalue weighted by Gasteiger charge is -2.35.